The first-order valence-electron chi connectivity index (χ1n) is 10.2. The quantitative estimate of drug-likeness (QED) is 0.309. The van der Waals surface area contributed by atoms with E-state index in [0.29, 0.717) is 16.3 Å². The van der Waals surface area contributed by atoms with Crippen molar-refractivity contribution in [1.29, 1.82) is 0 Å². The van der Waals surface area contributed by atoms with E-state index >= 15 is 0 Å². The summed E-state index contributed by atoms with van der Waals surface area (Å²) in [6, 6.07) is 19.6. The largest absolute Gasteiger partial charge is 0.497 e. The summed E-state index contributed by atoms with van der Waals surface area (Å²) >= 11 is 7.15. The van der Waals surface area contributed by atoms with Gasteiger partial charge >= 0.3 is 0 Å². The van der Waals surface area contributed by atoms with Crippen molar-refractivity contribution in [2.45, 2.75) is 18.2 Å². The summed E-state index contributed by atoms with van der Waals surface area (Å²) in [5.74, 6) is 1.22. The fraction of sp³-hybridized carbons (Fsp3) is 0.154. The third kappa shape index (κ3) is 4.77. The molecule has 0 saturated heterocycles. The molecular weight excluding hydrogens is 458 g/mol. The van der Waals surface area contributed by atoms with Crippen LogP contribution in [-0.2, 0) is 11.2 Å². The Labute approximate surface area is 201 Å². The second-order valence-electron chi connectivity index (χ2n) is 7.42. The van der Waals surface area contributed by atoms with Crippen LogP contribution in [0.5, 0.6) is 11.5 Å². The van der Waals surface area contributed by atoms with Crippen molar-refractivity contribution in [3.8, 4) is 11.5 Å². The van der Waals surface area contributed by atoms with Gasteiger partial charge in [0.1, 0.15) is 11.5 Å². The number of carbonyl (C=O) groups is 2. The van der Waals surface area contributed by atoms with E-state index in [-0.39, 0.29) is 17.4 Å². The van der Waals surface area contributed by atoms with Crippen molar-refractivity contribution < 1.29 is 19.1 Å². The fourth-order valence-electron chi connectivity index (χ4n) is 3.75. The van der Waals surface area contributed by atoms with Crippen LogP contribution in [0.15, 0.2) is 71.6 Å². The summed E-state index contributed by atoms with van der Waals surface area (Å²) in [4.78, 5) is 27.2. The zero-order valence-corrected chi connectivity index (χ0v) is 20.0. The average molecular weight is 480 g/mol. The Morgan fingerprint density at radius 2 is 1.55 bits per heavy atom. The molecule has 0 saturated carbocycles. The number of ether oxygens (including phenoxy) is 2. The lowest BCUT2D eigenvalue weighted by molar-refractivity contribution is -0.110. The topological polar surface area (TPSA) is 57.5 Å². The van der Waals surface area contributed by atoms with Crippen molar-refractivity contribution in [1.82, 2.24) is 4.57 Å². The molecular formula is C26H22ClNO4S. The molecule has 0 aliphatic carbocycles. The maximum absolute atomic E-state index is 13.4. The van der Waals surface area contributed by atoms with Gasteiger partial charge in [-0.15, -0.1) is 0 Å². The Morgan fingerprint density at radius 3 is 2.18 bits per heavy atom. The molecule has 0 atom stereocenters. The smallest absolute Gasteiger partial charge is 0.262 e. The summed E-state index contributed by atoms with van der Waals surface area (Å²) in [5.41, 5.74) is 2.77. The molecule has 0 N–H and O–H groups in total. The third-order valence-corrected chi connectivity index (χ3v) is 6.58. The molecule has 5 nitrogen and oxygen atoms in total. The van der Waals surface area contributed by atoms with Crippen molar-refractivity contribution in [3.63, 3.8) is 0 Å². The van der Waals surface area contributed by atoms with Crippen LogP contribution in [-0.4, -0.2) is 29.8 Å². The number of benzene rings is 3. The van der Waals surface area contributed by atoms with E-state index < -0.39 is 0 Å². The average Bonchev–Trinajstić information content (AvgIpc) is 3.10. The standard InChI is InChI=1S/C26H22ClNO4S/c1-16-22(15-25(29)33-21-11-8-19(31-2)9-12-21)23-14-20(32-3)10-13-24(23)28(16)26(30)17-4-6-18(27)7-5-17/h4-14H,15H2,1-3H3. The predicted octanol–water partition coefficient (Wildman–Crippen LogP) is 6.17. The Hall–Kier alpha value is -3.22. The van der Waals surface area contributed by atoms with Crippen LogP contribution in [0.1, 0.15) is 21.6 Å². The molecule has 0 unspecified atom stereocenters. The van der Waals surface area contributed by atoms with Gasteiger partial charge in [0.25, 0.3) is 5.91 Å². The minimum atomic E-state index is -0.180. The number of carbonyl (C=O) groups excluding carboxylic acids is 2. The van der Waals surface area contributed by atoms with E-state index in [4.69, 9.17) is 21.1 Å². The Bertz CT molecular complexity index is 1330. The van der Waals surface area contributed by atoms with Crippen LogP contribution in [0.25, 0.3) is 10.9 Å². The molecule has 33 heavy (non-hydrogen) atoms. The third-order valence-electron chi connectivity index (χ3n) is 5.45. The van der Waals surface area contributed by atoms with Gasteiger partial charge in [-0.3, -0.25) is 14.2 Å². The van der Waals surface area contributed by atoms with E-state index in [1.165, 1.54) is 11.8 Å². The van der Waals surface area contributed by atoms with Crippen LogP contribution in [0.2, 0.25) is 5.02 Å². The normalized spacial score (nSPS) is 10.9. The number of halogens is 1. The number of fused-ring (bicyclic) bond motifs is 1. The van der Waals surface area contributed by atoms with Crippen LogP contribution in [0, 0.1) is 6.92 Å². The monoisotopic (exact) mass is 479 g/mol. The molecule has 168 valence electrons. The number of thioether (sulfide) groups is 1. The zero-order valence-electron chi connectivity index (χ0n) is 18.4. The van der Waals surface area contributed by atoms with Gasteiger partial charge in [0, 0.05) is 33.0 Å². The maximum Gasteiger partial charge on any atom is 0.262 e. The highest BCUT2D eigenvalue weighted by Crippen LogP contribution is 2.32. The Morgan fingerprint density at radius 1 is 0.909 bits per heavy atom. The SMILES string of the molecule is COc1ccc(SC(=O)Cc2c(C)n(C(=O)c3ccc(Cl)cc3)c3ccc(OC)cc23)cc1. The highest BCUT2D eigenvalue weighted by Gasteiger charge is 2.22. The summed E-state index contributed by atoms with van der Waals surface area (Å²) in [5, 5.41) is 1.36. The number of hydrogen-bond donors (Lipinski definition) is 0. The molecule has 0 amide bonds. The highest BCUT2D eigenvalue weighted by atomic mass is 35.5. The zero-order chi connectivity index (χ0) is 23.5. The van der Waals surface area contributed by atoms with Crippen LogP contribution < -0.4 is 9.47 Å². The summed E-state index contributed by atoms with van der Waals surface area (Å²) < 4.78 is 12.2. The number of methoxy groups -OCH3 is 2. The number of nitrogens with zero attached hydrogens (tertiary/aromatic N) is 1. The molecule has 3 aromatic carbocycles. The fourth-order valence-corrected chi connectivity index (χ4v) is 4.63. The lowest BCUT2D eigenvalue weighted by Crippen LogP contribution is -2.14. The molecule has 0 fully saturated rings. The minimum absolute atomic E-state index is 0.0240. The van der Waals surface area contributed by atoms with Gasteiger partial charge in [-0.2, -0.15) is 0 Å². The molecule has 1 heterocycles. The molecule has 1 aromatic heterocycles. The Kier molecular flexibility index (Phi) is 6.77. The first-order valence-corrected chi connectivity index (χ1v) is 11.4. The number of hydrogen-bond acceptors (Lipinski definition) is 5. The van der Waals surface area contributed by atoms with Crippen molar-refractivity contribution in [3.05, 3.63) is 88.6 Å². The van der Waals surface area contributed by atoms with Gasteiger partial charge in [-0.25, -0.2) is 0 Å². The molecule has 7 heteroatoms. The highest BCUT2D eigenvalue weighted by molar-refractivity contribution is 8.13. The van der Waals surface area contributed by atoms with Crippen LogP contribution in [0.4, 0.5) is 0 Å². The predicted molar refractivity (Wildman–Crippen MR) is 132 cm³/mol. The van der Waals surface area contributed by atoms with E-state index in [0.717, 1.165) is 32.8 Å². The van der Waals surface area contributed by atoms with Crippen molar-refractivity contribution in [2.24, 2.45) is 0 Å². The lowest BCUT2D eigenvalue weighted by Gasteiger charge is -2.08. The van der Waals surface area contributed by atoms with Crippen LogP contribution in [0.3, 0.4) is 0 Å². The minimum Gasteiger partial charge on any atom is -0.497 e. The Balaban J connectivity index is 1.72. The molecule has 4 rings (SSSR count). The summed E-state index contributed by atoms with van der Waals surface area (Å²) in [6.45, 7) is 1.86. The lowest BCUT2D eigenvalue weighted by atomic mass is 10.1. The van der Waals surface area contributed by atoms with Gasteiger partial charge in [0.2, 0.25) is 0 Å². The van der Waals surface area contributed by atoms with E-state index in [1.807, 2.05) is 49.4 Å². The van der Waals surface area contributed by atoms with E-state index in [1.54, 1.807) is 43.1 Å². The van der Waals surface area contributed by atoms with E-state index in [9.17, 15) is 9.59 Å². The molecule has 0 aliphatic heterocycles. The molecule has 0 spiro atoms. The van der Waals surface area contributed by atoms with Crippen molar-refractivity contribution >= 4 is 45.3 Å². The molecule has 4 aromatic rings. The molecule has 0 aliphatic rings. The summed E-state index contributed by atoms with van der Waals surface area (Å²) in [7, 11) is 3.19. The van der Waals surface area contributed by atoms with Gasteiger partial charge in [-0.05, 0) is 79.2 Å². The summed E-state index contributed by atoms with van der Waals surface area (Å²) in [6.07, 6.45) is 0.174. The number of aromatic nitrogens is 1. The first kappa shape index (κ1) is 23.0. The van der Waals surface area contributed by atoms with Crippen LogP contribution >= 0.6 is 23.4 Å². The number of rotatable bonds is 6. The van der Waals surface area contributed by atoms with Gasteiger partial charge in [-0.1, -0.05) is 23.4 Å². The van der Waals surface area contributed by atoms with E-state index in [2.05, 4.69) is 0 Å². The maximum atomic E-state index is 13.4. The van der Waals surface area contributed by atoms with Gasteiger partial charge in [0.15, 0.2) is 5.12 Å². The van der Waals surface area contributed by atoms with Gasteiger partial charge in [0.05, 0.1) is 19.7 Å². The van der Waals surface area contributed by atoms with Gasteiger partial charge < -0.3 is 9.47 Å². The molecule has 0 radical (unpaired) electrons. The molecule has 0 bridgehead atoms. The first-order chi connectivity index (χ1) is 15.9. The van der Waals surface area contributed by atoms with Crippen molar-refractivity contribution in [2.75, 3.05) is 14.2 Å². The second kappa shape index (κ2) is 9.73. The second-order valence-corrected chi connectivity index (χ2v) is 8.99.